The number of aromatic nitrogens is 2. The summed E-state index contributed by atoms with van der Waals surface area (Å²) in [7, 11) is -12.0. The number of hydrogen-bond acceptors (Lipinski definition) is 19. The van der Waals surface area contributed by atoms with Crippen molar-refractivity contribution in [2.24, 2.45) is 5.11 Å². The molecule has 3 heterocycles. The van der Waals surface area contributed by atoms with Crippen molar-refractivity contribution in [3.05, 3.63) is 43.5 Å². The number of nitrogens with one attached hydrogen (secondary N) is 2. The van der Waals surface area contributed by atoms with Gasteiger partial charge in [0.15, 0.2) is 18.5 Å². The normalized spacial score (nSPS) is 27.0. The summed E-state index contributed by atoms with van der Waals surface area (Å²) < 4.78 is 110. The highest BCUT2D eigenvalue weighted by atomic mass is 31.3. The SMILES string of the molecule is CC(=O)OCC1O[C@H](OP(=O)(O)OP(=O)(O)OC[C@H]2O[C@@H](n3ccc(=O)[nH]c3=O)CC2OC(=O)C(F)(F)F)C(NC(=O)CN=[N+]=[N-])C(OC(C)=O)[C@H]1OC(C)=O. The number of nitrogens with zero attached hydrogens (tertiary/aromatic N) is 4. The Balaban J connectivity index is 1.89. The molecule has 1 aromatic rings. The Labute approximate surface area is 309 Å². The van der Waals surface area contributed by atoms with E-state index < -0.39 is 138 Å². The van der Waals surface area contributed by atoms with Crippen LogP contribution < -0.4 is 16.6 Å². The van der Waals surface area contributed by atoms with Crippen molar-refractivity contribution < 1.29 is 97.8 Å². The van der Waals surface area contributed by atoms with E-state index in [1.54, 1.807) is 0 Å². The van der Waals surface area contributed by atoms with Gasteiger partial charge >= 0.3 is 51.4 Å². The molecule has 2 fully saturated rings. The van der Waals surface area contributed by atoms with Crippen LogP contribution >= 0.6 is 15.6 Å². The van der Waals surface area contributed by atoms with Crippen LogP contribution in [-0.4, -0.2) is 118 Å². The lowest BCUT2D eigenvalue weighted by Gasteiger charge is -2.44. The third-order valence-electron chi connectivity index (χ3n) is 6.98. The van der Waals surface area contributed by atoms with Gasteiger partial charge in [0, 0.05) is 44.4 Å². The molecule has 0 aliphatic carbocycles. The lowest BCUT2D eigenvalue weighted by atomic mass is 9.96. The number of azide groups is 1. The summed E-state index contributed by atoms with van der Waals surface area (Å²) in [6.45, 7) is -0.455. The molecule has 0 bridgehead atoms. The number of phosphoric ester groups is 2. The molecule has 26 nitrogen and oxygen atoms in total. The van der Waals surface area contributed by atoms with Crippen LogP contribution in [0.3, 0.4) is 0 Å². The zero-order valence-electron chi connectivity index (χ0n) is 28.7. The second-order valence-corrected chi connectivity index (χ2v) is 14.2. The highest BCUT2D eigenvalue weighted by Crippen LogP contribution is 2.61. The number of alkyl halides is 3. The Kier molecular flexibility index (Phi) is 15.5. The fraction of sp³-hybridized carbons (Fsp3) is 0.640. The molecule has 2 aliphatic rings. The Bertz CT molecular complexity index is 1920. The van der Waals surface area contributed by atoms with Crippen LogP contribution in [0.25, 0.3) is 10.4 Å². The Morgan fingerprint density at radius 2 is 1.64 bits per heavy atom. The molecular weight excluding hydrogens is 823 g/mol. The van der Waals surface area contributed by atoms with Gasteiger partial charge < -0.3 is 43.5 Å². The van der Waals surface area contributed by atoms with Crippen molar-refractivity contribution in [1.29, 1.82) is 0 Å². The molecule has 10 atom stereocenters. The van der Waals surface area contributed by atoms with Crippen LogP contribution in [0.1, 0.15) is 33.4 Å². The fourth-order valence-corrected chi connectivity index (χ4v) is 7.11. The van der Waals surface area contributed by atoms with Gasteiger partial charge in [0.2, 0.25) is 5.91 Å². The molecule has 0 radical (unpaired) electrons. The first-order chi connectivity index (χ1) is 25.9. The first kappa shape index (κ1) is 45.7. The number of hydrogen-bond donors (Lipinski definition) is 4. The van der Waals surface area contributed by atoms with E-state index in [0.717, 1.165) is 33.0 Å². The minimum atomic E-state index is -6.06. The fourth-order valence-electron chi connectivity index (χ4n) is 4.95. The number of carbonyl (C=O) groups is 5. The molecule has 1 aromatic heterocycles. The Morgan fingerprint density at radius 1 is 1.00 bits per heavy atom. The summed E-state index contributed by atoms with van der Waals surface area (Å²) in [5.74, 6) is -7.03. The molecule has 0 aromatic carbocycles. The van der Waals surface area contributed by atoms with Gasteiger partial charge in [0.1, 0.15) is 43.7 Å². The average molecular weight is 854 g/mol. The van der Waals surface area contributed by atoms with Crippen molar-refractivity contribution in [2.75, 3.05) is 19.8 Å². The van der Waals surface area contributed by atoms with Crippen LogP contribution in [0.4, 0.5) is 13.2 Å². The van der Waals surface area contributed by atoms with Gasteiger partial charge in [0.05, 0.1) is 6.61 Å². The molecule has 0 saturated carbocycles. The smallest absolute Gasteiger partial charge is 0.463 e. The molecule has 31 heteroatoms. The Morgan fingerprint density at radius 3 is 2.21 bits per heavy atom. The van der Waals surface area contributed by atoms with Crippen molar-refractivity contribution >= 4 is 45.4 Å². The molecule has 2 aliphatic heterocycles. The number of carbonyl (C=O) groups excluding carboxylic acids is 5. The first-order valence-electron chi connectivity index (χ1n) is 15.3. The summed E-state index contributed by atoms with van der Waals surface area (Å²) in [5, 5.41) is 5.10. The number of halogens is 3. The molecular formula is C25H31F3N6O20P2. The van der Waals surface area contributed by atoms with E-state index in [1.165, 1.54) is 0 Å². The molecule has 1 amide bonds. The minimum absolute atomic E-state index is 0.663. The summed E-state index contributed by atoms with van der Waals surface area (Å²) in [4.78, 5) is 109. The molecule has 6 unspecified atom stereocenters. The predicted octanol–water partition coefficient (Wildman–Crippen LogP) is -0.505. The van der Waals surface area contributed by atoms with Crippen molar-refractivity contribution in [2.45, 2.75) is 82.4 Å². The van der Waals surface area contributed by atoms with E-state index in [1.807, 2.05) is 4.98 Å². The van der Waals surface area contributed by atoms with E-state index in [-0.39, 0.29) is 0 Å². The number of ether oxygens (including phenoxy) is 6. The maximum atomic E-state index is 13.1. The van der Waals surface area contributed by atoms with Gasteiger partial charge in [-0.25, -0.2) is 18.7 Å². The largest absolute Gasteiger partial charge is 0.490 e. The van der Waals surface area contributed by atoms with Crippen LogP contribution in [0.5, 0.6) is 0 Å². The summed E-state index contributed by atoms with van der Waals surface area (Å²) in [6, 6.07) is -1.19. The number of phosphoric acid groups is 2. The van der Waals surface area contributed by atoms with Gasteiger partial charge in [-0.05, 0) is 5.53 Å². The van der Waals surface area contributed by atoms with Crippen LogP contribution in [0.15, 0.2) is 27.0 Å². The topological polar surface area (TPSA) is 359 Å². The van der Waals surface area contributed by atoms with Gasteiger partial charge in [-0.15, -0.1) is 0 Å². The summed E-state index contributed by atoms with van der Waals surface area (Å²) >= 11 is 0. The number of esters is 4. The monoisotopic (exact) mass is 854 g/mol. The number of aromatic amines is 1. The quantitative estimate of drug-likeness (QED) is 0.0406. The summed E-state index contributed by atoms with van der Waals surface area (Å²) in [6.07, 6.45) is -18.7. The number of amides is 1. The highest BCUT2D eigenvalue weighted by molar-refractivity contribution is 7.61. The average Bonchev–Trinajstić information content (AvgIpc) is 3.45. The lowest BCUT2D eigenvalue weighted by Crippen LogP contribution is -2.66. The third-order valence-corrected chi connectivity index (χ3v) is 9.58. The van der Waals surface area contributed by atoms with E-state index in [4.69, 9.17) is 33.7 Å². The second kappa shape index (κ2) is 19.0. The maximum Gasteiger partial charge on any atom is 0.490 e. The maximum absolute atomic E-state index is 13.1. The minimum Gasteiger partial charge on any atom is -0.463 e. The number of rotatable bonds is 16. The van der Waals surface area contributed by atoms with Gasteiger partial charge in [0.25, 0.3) is 5.56 Å². The van der Waals surface area contributed by atoms with Crippen molar-refractivity contribution in [3.63, 3.8) is 0 Å². The molecule has 3 rings (SSSR count). The molecule has 4 N–H and O–H groups in total. The second-order valence-electron chi connectivity index (χ2n) is 11.2. The van der Waals surface area contributed by atoms with Crippen LogP contribution in [-0.2, 0) is 74.9 Å². The van der Waals surface area contributed by atoms with E-state index >= 15 is 0 Å². The lowest BCUT2D eigenvalue weighted by molar-refractivity contribution is -0.259. The van der Waals surface area contributed by atoms with Crippen molar-refractivity contribution in [3.8, 4) is 0 Å². The van der Waals surface area contributed by atoms with Crippen LogP contribution in [0, 0.1) is 0 Å². The van der Waals surface area contributed by atoms with E-state index in [0.29, 0.717) is 4.57 Å². The molecule has 0 spiro atoms. The van der Waals surface area contributed by atoms with E-state index in [2.05, 4.69) is 28.9 Å². The third kappa shape index (κ3) is 13.5. The van der Waals surface area contributed by atoms with Gasteiger partial charge in [-0.1, -0.05) is 5.11 Å². The predicted molar refractivity (Wildman–Crippen MR) is 166 cm³/mol. The van der Waals surface area contributed by atoms with E-state index in [9.17, 15) is 65.6 Å². The molecule has 2 saturated heterocycles. The highest BCUT2D eigenvalue weighted by Gasteiger charge is 2.54. The number of H-pyrrole nitrogens is 1. The zero-order chi connectivity index (χ0) is 42.2. The van der Waals surface area contributed by atoms with Crippen molar-refractivity contribution in [1.82, 2.24) is 14.9 Å². The van der Waals surface area contributed by atoms with Gasteiger partial charge in [-0.2, -0.15) is 17.5 Å². The first-order valence-corrected chi connectivity index (χ1v) is 18.3. The summed E-state index contributed by atoms with van der Waals surface area (Å²) in [5.41, 5.74) is 6.59. The molecule has 312 valence electrons. The standard InChI is InChI=1S/C25H31F3N6O20P2/c1-10(35)46-8-15-20(48-11(2)36)21(49-12(3)37)19(31-17(39)7-30-33-29)22(51-15)53-56(44,45)54-55(42,43)47-9-14-13(52-23(40)25(26,27)28)6-18(50-14)34-5-4-16(38)32-24(34)41/h4-5,13-15,18-22H,6-9H2,1-3H3,(H,31,39)(H,42,43)(H,44,45)(H,32,38,41)/t13?,14-,15?,18-,19?,20+,21?,22-/m1/s1. The van der Waals surface area contributed by atoms with Gasteiger partial charge in [-0.3, -0.25) is 42.6 Å². The zero-order valence-corrected chi connectivity index (χ0v) is 30.5. The Hall–Kier alpha value is -4.69. The molecule has 56 heavy (non-hydrogen) atoms. The van der Waals surface area contributed by atoms with Crippen LogP contribution in [0.2, 0.25) is 0 Å².